The van der Waals surface area contributed by atoms with Gasteiger partial charge in [0.2, 0.25) is 5.91 Å². The van der Waals surface area contributed by atoms with Crippen molar-refractivity contribution in [1.82, 2.24) is 4.90 Å². The summed E-state index contributed by atoms with van der Waals surface area (Å²) in [7, 11) is 0. The number of nitrogens with two attached hydrogens (primary N) is 1. The second-order valence-electron chi connectivity index (χ2n) is 4.78. The van der Waals surface area contributed by atoms with Crippen LogP contribution >= 0.6 is 27.7 Å². The molecule has 1 aliphatic heterocycles. The zero-order chi connectivity index (χ0) is 15.2. The molecule has 21 heavy (non-hydrogen) atoms. The normalized spacial score (nSPS) is 15.9. The van der Waals surface area contributed by atoms with Crippen LogP contribution in [0.1, 0.15) is 5.56 Å². The van der Waals surface area contributed by atoms with Crippen LogP contribution < -0.4 is 11.1 Å². The molecule has 7 heteroatoms. The number of rotatable bonds is 3. The molecule has 0 atom stereocenters. The highest BCUT2D eigenvalue weighted by atomic mass is 79.9. The SMILES string of the molecule is Cc1ccc(Br)cc1NC(=O)CN=C(N)N1CCSCC1. The second-order valence-corrected chi connectivity index (χ2v) is 6.92. The van der Waals surface area contributed by atoms with Gasteiger partial charge in [0.05, 0.1) is 0 Å². The second kappa shape index (κ2) is 7.70. The molecule has 1 aromatic carbocycles. The summed E-state index contributed by atoms with van der Waals surface area (Å²) in [5.74, 6) is 2.40. The smallest absolute Gasteiger partial charge is 0.246 e. The predicted octanol–water partition coefficient (Wildman–Crippen LogP) is 2.06. The molecule has 0 saturated carbocycles. The molecular formula is C14H19BrN4OS. The van der Waals surface area contributed by atoms with Crippen molar-refractivity contribution in [3.05, 3.63) is 28.2 Å². The van der Waals surface area contributed by atoms with E-state index in [0.717, 1.165) is 40.3 Å². The number of anilines is 1. The number of thioether (sulfide) groups is 1. The van der Waals surface area contributed by atoms with Gasteiger partial charge in [-0.05, 0) is 24.6 Å². The van der Waals surface area contributed by atoms with Gasteiger partial charge < -0.3 is 16.0 Å². The third-order valence-corrected chi connectivity index (χ3v) is 4.63. The number of hydrogen-bond acceptors (Lipinski definition) is 3. The summed E-state index contributed by atoms with van der Waals surface area (Å²) in [6, 6.07) is 5.76. The Balaban J connectivity index is 1.90. The third-order valence-electron chi connectivity index (χ3n) is 3.19. The van der Waals surface area contributed by atoms with Gasteiger partial charge in [0.15, 0.2) is 5.96 Å². The topological polar surface area (TPSA) is 70.7 Å². The number of benzene rings is 1. The molecule has 0 aromatic heterocycles. The number of amides is 1. The lowest BCUT2D eigenvalue weighted by Gasteiger charge is -2.27. The maximum atomic E-state index is 12.0. The van der Waals surface area contributed by atoms with Gasteiger partial charge in [-0.1, -0.05) is 22.0 Å². The number of aryl methyl sites for hydroxylation is 1. The van der Waals surface area contributed by atoms with Crippen molar-refractivity contribution in [1.29, 1.82) is 0 Å². The van der Waals surface area contributed by atoms with E-state index >= 15 is 0 Å². The van der Waals surface area contributed by atoms with Crippen molar-refractivity contribution < 1.29 is 4.79 Å². The molecule has 0 spiro atoms. The number of nitrogens with one attached hydrogen (secondary N) is 1. The van der Waals surface area contributed by atoms with Gasteiger partial charge >= 0.3 is 0 Å². The number of halogens is 1. The summed E-state index contributed by atoms with van der Waals surface area (Å²) in [5, 5.41) is 2.86. The third kappa shape index (κ3) is 4.93. The molecule has 0 radical (unpaired) electrons. The van der Waals surface area contributed by atoms with Crippen LogP contribution in [0.3, 0.4) is 0 Å². The summed E-state index contributed by atoms with van der Waals surface area (Å²) in [5.41, 5.74) is 7.72. The van der Waals surface area contributed by atoms with E-state index in [1.165, 1.54) is 0 Å². The van der Waals surface area contributed by atoms with Crippen molar-refractivity contribution in [2.45, 2.75) is 6.92 Å². The molecule has 114 valence electrons. The quantitative estimate of drug-likeness (QED) is 0.630. The molecule has 1 heterocycles. The van der Waals surface area contributed by atoms with Gasteiger partial charge in [-0.3, -0.25) is 4.79 Å². The van der Waals surface area contributed by atoms with E-state index in [-0.39, 0.29) is 12.5 Å². The molecule has 1 amide bonds. The van der Waals surface area contributed by atoms with E-state index < -0.39 is 0 Å². The minimum absolute atomic E-state index is 0.0431. The predicted molar refractivity (Wildman–Crippen MR) is 92.9 cm³/mol. The van der Waals surface area contributed by atoms with Gasteiger partial charge in [0, 0.05) is 34.8 Å². The Bertz CT molecular complexity index is 544. The molecule has 0 unspecified atom stereocenters. The van der Waals surface area contributed by atoms with Crippen LogP contribution in [0.2, 0.25) is 0 Å². The van der Waals surface area contributed by atoms with E-state index in [0.29, 0.717) is 5.96 Å². The van der Waals surface area contributed by atoms with E-state index in [1.807, 2.05) is 41.8 Å². The van der Waals surface area contributed by atoms with Crippen molar-refractivity contribution in [2.24, 2.45) is 10.7 Å². The fraction of sp³-hybridized carbons (Fsp3) is 0.429. The maximum absolute atomic E-state index is 12.0. The average Bonchev–Trinajstić information content (AvgIpc) is 2.49. The van der Waals surface area contributed by atoms with Crippen molar-refractivity contribution in [3.8, 4) is 0 Å². The average molecular weight is 371 g/mol. The number of aliphatic imine (C=N–C) groups is 1. The van der Waals surface area contributed by atoms with E-state index in [9.17, 15) is 4.79 Å². The zero-order valence-electron chi connectivity index (χ0n) is 11.9. The van der Waals surface area contributed by atoms with Gasteiger partial charge in [-0.2, -0.15) is 11.8 Å². The number of nitrogens with zero attached hydrogens (tertiary/aromatic N) is 2. The van der Waals surface area contributed by atoms with Crippen molar-refractivity contribution in [3.63, 3.8) is 0 Å². The van der Waals surface area contributed by atoms with E-state index in [2.05, 4.69) is 26.2 Å². The van der Waals surface area contributed by atoms with Crippen LogP contribution in [0.4, 0.5) is 5.69 Å². The highest BCUT2D eigenvalue weighted by molar-refractivity contribution is 9.10. The highest BCUT2D eigenvalue weighted by Crippen LogP contribution is 2.20. The number of carbonyl (C=O) groups is 1. The van der Waals surface area contributed by atoms with Gasteiger partial charge in [-0.15, -0.1) is 0 Å². The van der Waals surface area contributed by atoms with Crippen LogP contribution in [0.15, 0.2) is 27.7 Å². The first kappa shape index (κ1) is 16.2. The van der Waals surface area contributed by atoms with Crippen LogP contribution in [-0.2, 0) is 4.79 Å². The molecule has 0 aliphatic carbocycles. The fourth-order valence-electron chi connectivity index (χ4n) is 1.96. The Labute approximate surface area is 137 Å². The van der Waals surface area contributed by atoms with Gasteiger partial charge in [-0.25, -0.2) is 4.99 Å². The largest absolute Gasteiger partial charge is 0.370 e. The zero-order valence-corrected chi connectivity index (χ0v) is 14.3. The summed E-state index contributed by atoms with van der Waals surface area (Å²) in [6.07, 6.45) is 0. The molecule has 5 nitrogen and oxygen atoms in total. The Morgan fingerprint density at radius 2 is 2.19 bits per heavy atom. The standard InChI is InChI=1S/C14H19BrN4OS/c1-10-2-3-11(15)8-12(10)18-13(20)9-17-14(16)19-4-6-21-7-5-19/h2-3,8H,4-7,9H2,1H3,(H2,16,17)(H,18,20). The number of hydrogen-bond donors (Lipinski definition) is 2. The molecule has 3 N–H and O–H groups in total. The minimum atomic E-state index is -0.162. The lowest BCUT2D eigenvalue weighted by atomic mass is 10.2. The Kier molecular flexibility index (Phi) is 5.93. The summed E-state index contributed by atoms with van der Waals surface area (Å²) >= 11 is 5.30. The molecule has 0 bridgehead atoms. The Hall–Kier alpha value is -1.21. The lowest BCUT2D eigenvalue weighted by molar-refractivity contribution is -0.114. The van der Waals surface area contributed by atoms with Crippen LogP contribution in [0, 0.1) is 6.92 Å². The van der Waals surface area contributed by atoms with E-state index in [1.54, 1.807) is 0 Å². The molecule has 1 fully saturated rings. The van der Waals surface area contributed by atoms with Crippen LogP contribution in [0.5, 0.6) is 0 Å². The number of guanidine groups is 1. The van der Waals surface area contributed by atoms with Crippen LogP contribution in [-0.4, -0.2) is 47.9 Å². The molecule has 1 saturated heterocycles. The maximum Gasteiger partial charge on any atom is 0.246 e. The summed E-state index contributed by atoms with van der Waals surface area (Å²) < 4.78 is 0.928. The summed E-state index contributed by atoms with van der Waals surface area (Å²) in [6.45, 7) is 3.78. The molecule has 1 aromatic rings. The first-order valence-electron chi connectivity index (χ1n) is 6.75. The lowest BCUT2D eigenvalue weighted by Crippen LogP contribution is -2.43. The van der Waals surface area contributed by atoms with Gasteiger partial charge in [0.1, 0.15) is 6.54 Å². The van der Waals surface area contributed by atoms with E-state index in [4.69, 9.17) is 5.73 Å². The highest BCUT2D eigenvalue weighted by Gasteiger charge is 2.12. The van der Waals surface area contributed by atoms with Crippen molar-refractivity contribution >= 4 is 45.2 Å². The first-order chi connectivity index (χ1) is 10.1. The Morgan fingerprint density at radius 3 is 2.90 bits per heavy atom. The Morgan fingerprint density at radius 1 is 1.48 bits per heavy atom. The molecular weight excluding hydrogens is 352 g/mol. The first-order valence-corrected chi connectivity index (χ1v) is 8.69. The van der Waals surface area contributed by atoms with Crippen molar-refractivity contribution in [2.75, 3.05) is 36.5 Å². The monoisotopic (exact) mass is 370 g/mol. The minimum Gasteiger partial charge on any atom is -0.370 e. The molecule has 1 aliphatic rings. The van der Waals surface area contributed by atoms with Gasteiger partial charge in [0.25, 0.3) is 0 Å². The fourth-order valence-corrected chi connectivity index (χ4v) is 3.23. The van der Waals surface area contributed by atoms with Crippen LogP contribution in [0.25, 0.3) is 0 Å². The summed E-state index contributed by atoms with van der Waals surface area (Å²) in [4.78, 5) is 18.2. The molecule has 2 rings (SSSR count). The number of carbonyl (C=O) groups excluding carboxylic acids is 1.